The standard InChI is InChI=1S/C23H30Cl2N2/c1-26-16-21(20-9-10-22(24)23(25)15-20)8-7-18-11-13-27(14-12-18)17-19-5-3-2-4-6-19/h2-6,9-10,15,18,21,26H,7-8,11-14,16-17H2,1H3. The van der Waals surface area contributed by atoms with E-state index in [-0.39, 0.29) is 0 Å². The van der Waals surface area contributed by atoms with Gasteiger partial charge in [0.2, 0.25) is 0 Å². The third kappa shape index (κ3) is 6.22. The molecule has 0 bridgehead atoms. The molecule has 4 heteroatoms. The monoisotopic (exact) mass is 404 g/mol. The molecule has 1 atom stereocenters. The summed E-state index contributed by atoms with van der Waals surface area (Å²) in [5.41, 5.74) is 2.71. The molecule has 1 aliphatic heterocycles. The Labute approximate surface area is 173 Å². The van der Waals surface area contributed by atoms with Gasteiger partial charge in [0.1, 0.15) is 0 Å². The Hall–Kier alpha value is -1.06. The maximum atomic E-state index is 6.23. The van der Waals surface area contributed by atoms with Crippen molar-refractivity contribution in [1.82, 2.24) is 10.2 Å². The van der Waals surface area contributed by atoms with Gasteiger partial charge in [-0.15, -0.1) is 0 Å². The summed E-state index contributed by atoms with van der Waals surface area (Å²) >= 11 is 12.3. The molecule has 0 saturated carbocycles. The molecule has 0 amide bonds. The van der Waals surface area contributed by atoms with Crippen LogP contribution in [0.25, 0.3) is 0 Å². The minimum atomic E-state index is 0.493. The van der Waals surface area contributed by atoms with E-state index in [4.69, 9.17) is 23.2 Å². The number of rotatable bonds is 8. The van der Waals surface area contributed by atoms with Crippen LogP contribution in [0.5, 0.6) is 0 Å². The lowest BCUT2D eigenvalue weighted by Gasteiger charge is -2.32. The minimum absolute atomic E-state index is 0.493. The van der Waals surface area contributed by atoms with Crippen molar-refractivity contribution >= 4 is 23.2 Å². The number of benzene rings is 2. The van der Waals surface area contributed by atoms with Crippen molar-refractivity contribution in [3.05, 3.63) is 69.7 Å². The van der Waals surface area contributed by atoms with Gasteiger partial charge in [-0.2, -0.15) is 0 Å². The fourth-order valence-electron chi connectivity index (χ4n) is 4.11. The second-order valence-corrected chi connectivity index (χ2v) is 8.53. The highest BCUT2D eigenvalue weighted by Gasteiger charge is 2.21. The van der Waals surface area contributed by atoms with E-state index in [1.54, 1.807) is 0 Å². The number of piperidine rings is 1. The number of hydrogen-bond acceptors (Lipinski definition) is 2. The van der Waals surface area contributed by atoms with E-state index < -0.39 is 0 Å². The van der Waals surface area contributed by atoms with Gasteiger partial charge in [0.15, 0.2) is 0 Å². The number of likely N-dealkylation sites (tertiary alicyclic amines) is 1. The van der Waals surface area contributed by atoms with Gasteiger partial charge in [0.05, 0.1) is 10.0 Å². The van der Waals surface area contributed by atoms with E-state index in [1.165, 1.54) is 49.9 Å². The van der Waals surface area contributed by atoms with Crippen LogP contribution in [-0.2, 0) is 6.54 Å². The molecule has 2 aromatic rings. The van der Waals surface area contributed by atoms with Crippen LogP contribution in [0.3, 0.4) is 0 Å². The third-order valence-corrected chi connectivity index (χ3v) is 6.48. The first kappa shape index (κ1) is 20.7. The molecule has 1 saturated heterocycles. The second kappa shape index (κ2) is 10.5. The summed E-state index contributed by atoms with van der Waals surface area (Å²) in [5, 5.41) is 4.63. The van der Waals surface area contributed by atoms with Gasteiger partial charge in [0.25, 0.3) is 0 Å². The summed E-state index contributed by atoms with van der Waals surface area (Å²) in [4.78, 5) is 2.59. The highest BCUT2D eigenvalue weighted by molar-refractivity contribution is 6.42. The Morgan fingerprint density at radius 3 is 2.44 bits per heavy atom. The summed E-state index contributed by atoms with van der Waals surface area (Å²) in [6, 6.07) is 16.9. The molecular weight excluding hydrogens is 375 g/mol. The molecule has 1 fully saturated rings. The molecular formula is C23H30Cl2N2. The number of nitrogens with zero attached hydrogens (tertiary/aromatic N) is 1. The van der Waals surface area contributed by atoms with Crippen LogP contribution < -0.4 is 5.32 Å². The predicted molar refractivity (Wildman–Crippen MR) is 117 cm³/mol. The minimum Gasteiger partial charge on any atom is -0.319 e. The molecule has 2 nitrogen and oxygen atoms in total. The van der Waals surface area contributed by atoms with E-state index >= 15 is 0 Å². The number of nitrogens with one attached hydrogen (secondary N) is 1. The van der Waals surface area contributed by atoms with Crippen LogP contribution >= 0.6 is 23.2 Å². The fourth-order valence-corrected chi connectivity index (χ4v) is 4.42. The quantitative estimate of drug-likeness (QED) is 0.580. The van der Waals surface area contributed by atoms with Gasteiger partial charge < -0.3 is 5.32 Å². The van der Waals surface area contributed by atoms with Crippen molar-refractivity contribution in [3.63, 3.8) is 0 Å². The molecule has 0 spiro atoms. The molecule has 0 aromatic heterocycles. The van der Waals surface area contributed by atoms with E-state index in [2.05, 4.69) is 46.6 Å². The molecule has 0 radical (unpaired) electrons. The first-order valence-electron chi connectivity index (χ1n) is 10.0. The van der Waals surface area contributed by atoms with Gasteiger partial charge in [-0.05, 0) is 80.9 Å². The second-order valence-electron chi connectivity index (χ2n) is 7.71. The van der Waals surface area contributed by atoms with Crippen molar-refractivity contribution in [3.8, 4) is 0 Å². The fraction of sp³-hybridized carbons (Fsp3) is 0.478. The van der Waals surface area contributed by atoms with Gasteiger partial charge in [-0.25, -0.2) is 0 Å². The normalized spacial score (nSPS) is 17.1. The first-order chi connectivity index (χ1) is 13.2. The van der Waals surface area contributed by atoms with Crippen molar-refractivity contribution < 1.29 is 0 Å². The molecule has 1 heterocycles. The van der Waals surface area contributed by atoms with Crippen LogP contribution in [0.1, 0.15) is 42.7 Å². The van der Waals surface area contributed by atoms with E-state index in [1.807, 2.05) is 19.2 Å². The van der Waals surface area contributed by atoms with Crippen LogP contribution in [0, 0.1) is 5.92 Å². The summed E-state index contributed by atoms with van der Waals surface area (Å²) in [6.07, 6.45) is 5.09. The summed E-state index contributed by atoms with van der Waals surface area (Å²) in [6.45, 7) is 4.48. The highest BCUT2D eigenvalue weighted by Crippen LogP contribution is 2.31. The van der Waals surface area contributed by atoms with Crippen molar-refractivity contribution in [2.75, 3.05) is 26.7 Å². The summed E-state index contributed by atoms with van der Waals surface area (Å²) in [5.74, 6) is 1.33. The zero-order valence-corrected chi connectivity index (χ0v) is 17.6. The highest BCUT2D eigenvalue weighted by atomic mass is 35.5. The smallest absolute Gasteiger partial charge is 0.0595 e. The summed E-state index contributed by atoms with van der Waals surface area (Å²) < 4.78 is 0. The zero-order chi connectivity index (χ0) is 19.1. The number of hydrogen-bond donors (Lipinski definition) is 1. The lowest BCUT2D eigenvalue weighted by Crippen LogP contribution is -2.33. The van der Waals surface area contributed by atoms with Crippen LogP contribution in [0.4, 0.5) is 0 Å². The molecule has 1 N–H and O–H groups in total. The third-order valence-electron chi connectivity index (χ3n) is 5.75. The summed E-state index contributed by atoms with van der Waals surface area (Å²) in [7, 11) is 2.02. The molecule has 1 aliphatic rings. The van der Waals surface area contributed by atoms with Gasteiger partial charge in [-0.1, -0.05) is 59.6 Å². The molecule has 2 aromatic carbocycles. The number of likely N-dealkylation sites (N-methyl/N-ethyl adjacent to an activating group) is 1. The molecule has 1 unspecified atom stereocenters. The Morgan fingerprint density at radius 1 is 1.04 bits per heavy atom. The lowest BCUT2D eigenvalue weighted by atomic mass is 9.86. The Bertz CT molecular complexity index is 697. The van der Waals surface area contributed by atoms with E-state index in [0.29, 0.717) is 16.0 Å². The largest absolute Gasteiger partial charge is 0.319 e. The van der Waals surface area contributed by atoms with Gasteiger partial charge >= 0.3 is 0 Å². The van der Waals surface area contributed by atoms with Crippen molar-refractivity contribution in [1.29, 1.82) is 0 Å². The Kier molecular flexibility index (Phi) is 8.02. The van der Waals surface area contributed by atoms with E-state index in [0.717, 1.165) is 19.0 Å². The van der Waals surface area contributed by atoms with Crippen LogP contribution in [0.2, 0.25) is 10.0 Å². The molecule has 3 rings (SSSR count). The maximum Gasteiger partial charge on any atom is 0.0595 e. The van der Waals surface area contributed by atoms with Crippen molar-refractivity contribution in [2.45, 2.75) is 38.1 Å². The van der Waals surface area contributed by atoms with E-state index in [9.17, 15) is 0 Å². The Balaban J connectivity index is 1.48. The molecule has 146 valence electrons. The number of halogens is 2. The molecule has 27 heavy (non-hydrogen) atoms. The average molecular weight is 405 g/mol. The molecule has 0 aliphatic carbocycles. The predicted octanol–water partition coefficient (Wildman–Crippen LogP) is 5.99. The SMILES string of the molecule is CNCC(CCC1CCN(Cc2ccccc2)CC1)c1ccc(Cl)c(Cl)c1. The lowest BCUT2D eigenvalue weighted by molar-refractivity contribution is 0.169. The zero-order valence-electron chi connectivity index (χ0n) is 16.1. The van der Waals surface area contributed by atoms with Gasteiger partial charge in [0, 0.05) is 13.1 Å². The average Bonchev–Trinajstić information content (AvgIpc) is 2.69. The topological polar surface area (TPSA) is 15.3 Å². The van der Waals surface area contributed by atoms with Crippen LogP contribution in [-0.4, -0.2) is 31.6 Å². The van der Waals surface area contributed by atoms with Crippen LogP contribution in [0.15, 0.2) is 48.5 Å². The first-order valence-corrected chi connectivity index (χ1v) is 10.8. The van der Waals surface area contributed by atoms with Gasteiger partial charge in [-0.3, -0.25) is 4.90 Å². The maximum absolute atomic E-state index is 6.23. The Morgan fingerprint density at radius 2 is 1.78 bits per heavy atom. The van der Waals surface area contributed by atoms with Crippen molar-refractivity contribution in [2.24, 2.45) is 5.92 Å².